The number of hydrogen-bond acceptors (Lipinski definition) is 3. The minimum atomic E-state index is 0.0769. The van der Waals surface area contributed by atoms with Gasteiger partial charge in [0.15, 0.2) is 5.96 Å². The molecule has 6 nitrogen and oxygen atoms in total. The van der Waals surface area contributed by atoms with Gasteiger partial charge in [0.2, 0.25) is 5.91 Å². The predicted octanol–water partition coefficient (Wildman–Crippen LogP) is 1.28. The summed E-state index contributed by atoms with van der Waals surface area (Å²) in [4.78, 5) is 21.4. The van der Waals surface area contributed by atoms with Crippen molar-refractivity contribution in [2.75, 3.05) is 39.3 Å². The molecule has 2 heterocycles. The summed E-state index contributed by atoms with van der Waals surface area (Å²) in [7, 11) is 0. The van der Waals surface area contributed by atoms with Crippen molar-refractivity contribution >= 4 is 11.9 Å². The van der Waals surface area contributed by atoms with E-state index >= 15 is 0 Å². The Bertz CT molecular complexity index is 437. The fourth-order valence-corrected chi connectivity index (χ4v) is 3.67. The van der Waals surface area contributed by atoms with Gasteiger partial charge in [-0.2, -0.15) is 0 Å². The average Bonchev–Trinajstić information content (AvgIpc) is 3.20. The van der Waals surface area contributed by atoms with Crippen LogP contribution >= 0.6 is 0 Å². The van der Waals surface area contributed by atoms with Crippen LogP contribution in [0.15, 0.2) is 4.99 Å². The maximum absolute atomic E-state index is 12.1. The van der Waals surface area contributed by atoms with Crippen LogP contribution < -0.4 is 10.6 Å². The Hall–Kier alpha value is -1.30. The molecule has 0 saturated carbocycles. The molecule has 2 N–H and O–H groups in total. The summed E-state index contributed by atoms with van der Waals surface area (Å²) >= 11 is 0. The van der Waals surface area contributed by atoms with Crippen molar-refractivity contribution in [1.82, 2.24) is 20.4 Å². The first-order chi connectivity index (χ1) is 11.5. The van der Waals surface area contributed by atoms with Crippen LogP contribution in [0.4, 0.5) is 0 Å². The Morgan fingerprint density at radius 1 is 1.25 bits per heavy atom. The first-order valence-electron chi connectivity index (χ1n) is 9.62. The minimum Gasteiger partial charge on any atom is -0.357 e. The van der Waals surface area contributed by atoms with Gasteiger partial charge in [0, 0.05) is 37.6 Å². The molecule has 0 aromatic rings. The standard InChI is InChI=1S/C18H35N5O/c1-5-19-18(20-12-16-8-7-10-22(16)6-2)21-15-9-11-23(13-15)17(24)14(3)4/h14-16H,5-13H2,1-4H3,(H2,19,20,21). The number of carbonyl (C=O) groups excluding carboxylic acids is 1. The highest BCUT2D eigenvalue weighted by atomic mass is 16.2. The summed E-state index contributed by atoms with van der Waals surface area (Å²) in [6, 6.07) is 0.879. The molecule has 0 radical (unpaired) electrons. The summed E-state index contributed by atoms with van der Waals surface area (Å²) in [6.45, 7) is 13.9. The maximum atomic E-state index is 12.1. The van der Waals surface area contributed by atoms with E-state index in [9.17, 15) is 4.79 Å². The smallest absolute Gasteiger partial charge is 0.225 e. The zero-order chi connectivity index (χ0) is 17.5. The van der Waals surface area contributed by atoms with Crippen molar-refractivity contribution in [1.29, 1.82) is 0 Å². The second kappa shape index (κ2) is 9.25. The Kier molecular flexibility index (Phi) is 7.34. The molecule has 24 heavy (non-hydrogen) atoms. The maximum Gasteiger partial charge on any atom is 0.225 e. The van der Waals surface area contributed by atoms with E-state index in [0.29, 0.717) is 12.1 Å². The third-order valence-electron chi connectivity index (χ3n) is 5.04. The van der Waals surface area contributed by atoms with E-state index in [0.717, 1.165) is 45.1 Å². The van der Waals surface area contributed by atoms with Crippen LogP contribution in [0, 0.1) is 5.92 Å². The number of nitrogens with one attached hydrogen (secondary N) is 2. The van der Waals surface area contributed by atoms with Crippen molar-refractivity contribution in [3.8, 4) is 0 Å². The number of likely N-dealkylation sites (N-methyl/N-ethyl adjacent to an activating group) is 1. The number of rotatable bonds is 6. The minimum absolute atomic E-state index is 0.0769. The molecule has 0 aromatic heterocycles. The molecular weight excluding hydrogens is 302 g/mol. The zero-order valence-electron chi connectivity index (χ0n) is 15.8. The van der Waals surface area contributed by atoms with Crippen LogP contribution in [0.2, 0.25) is 0 Å². The largest absolute Gasteiger partial charge is 0.357 e. The van der Waals surface area contributed by atoms with Gasteiger partial charge < -0.3 is 15.5 Å². The lowest BCUT2D eigenvalue weighted by molar-refractivity contribution is -0.133. The van der Waals surface area contributed by atoms with E-state index in [2.05, 4.69) is 29.4 Å². The van der Waals surface area contributed by atoms with Gasteiger partial charge in [-0.3, -0.25) is 14.7 Å². The Morgan fingerprint density at radius 3 is 2.71 bits per heavy atom. The highest BCUT2D eigenvalue weighted by molar-refractivity contribution is 5.81. The topological polar surface area (TPSA) is 60.0 Å². The molecule has 0 spiro atoms. The molecule has 2 unspecified atom stereocenters. The molecular formula is C18H35N5O. The SMILES string of the molecule is CCNC(=NCC1CCCN1CC)NC1CCN(C(=O)C(C)C)C1. The normalized spacial score (nSPS) is 25.5. The Balaban J connectivity index is 1.87. The van der Waals surface area contributed by atoms with Crippen LogP contribution in [0.5, 0.6) is 0 Å². The van der Waals surface area contributed by atoms with Crippen molar-refractivity contribution in [3.63, 3.8) is 0 Å². The number of nitrogens with zero attached hydrogens (tertiary/aromatic N) is 3. The van der Waals surface area contributed by atoms with Crippen molar-refractivity contribution in [2.45, 2.75) is 59.0 Å². The lowest BCUT2D eigenvalue weighted by Gasteiger charge is -2.23. The van der Waals surface area contributed by atoms with Gasteiger partial charge in [0.25, 0.3) is 0 Å². The van der Waals surface area contributed by atoms with E-state index in [1.165, 1.54) is 19.4 Å². The molecule has 6 heteroatoms. The first kappa shape index (κ1) is 19.0. The number of guanidine groups is 1. The molecule has 138 valence electrons. The molecule has 2 saturated heterocycles. The third kappa shape index (κ3) is 5.10. The quantitative estimate of drug-likeness (QED) is 0.566. The molecule has 1 amide bonds. The van der Waals surface area contributed by atoms with E-state index in [1.807, 2.05) is 18.7 Å². The summed E-state index contributed by atoms with van der Waals surface area (Å²) in [5, 5.41) is 6.87. The van der Waals surface area contributed by atoms with E-state index in [-0.39, 0.29) is 11.8 Å². The van der Waals surface area contributed by atoms with Gasteiger partial charge >= 0.3 is 0 Å². The fraction of sp³-hybridized carbons (Fsp3) is 0.889. The molecule has 0 bridgehead atoms. The van der Waals surface area contributed by atoms with Gasteiger partial charge in [-0.25, -0.2) is 0 Å². The van der Waals surface area contributed by atoms with Gasteiger partial charge in [-0.05, 0) is 39.3 Å². The first-order valence-corrected chi connectivity index (χ1v) is 9.62. The summed E-state index contributed by atoms with van der Waals surface area (Å²) in [6.07, 6.45) is 3.52. The number of carbonyl (C=O) groups is 1. The summed E-state index contributed by atoms with van der Waals surface area (Å²) in [5.41, 5.74) is 0. The number of likely N-dealkylation sites (tertiary alicyclic amines) is 2. The van der Waals surface area contributed by atoms with Gasteiger partial charge in [-0.1, -0.05) is 20.8 Å². The van der Waals surface area contributed by atoms with Crippen LogP contribution in [-0.4, -0.2) is 73.0 Å². The molecule has 2 aliphatic rings. The van der Waals surface area contributed by atoms with Gasteiger partial charge in [0.1, 0.15) is 0 Å². The van der Waals surface area contributed by atoms with Crippen LogP contribution in [0.25, 0.3) is 0 Å². The van der Waals surface area contributed by atoms with Gasteiger partial charge in [0.05, 0.1) is 6.54 Å². The average molecular weight is 338 g/mol. The molecule has 2 aliphatic heterocycles. The second-order valence-corrected chi connectivity index (χ2v) is 7.21. The summed E-state index contributed by atoms with van der Waals surface area (Å²) < 4.78 is 0. The highest BCUT2D eigenvalue weighted by Gasteiger charge is 2.28. The van der Waals surface area contributed by atoms with Crippen LogP contribution in [-0.2, 0) is 4.79 Å². The fourth-order valence-electron chi connectivity index (χ4n) is 3.67. The monoisotopic (exact) mass is 337 g/mol. The third-order valence-corrected chi connectivity index (χ3v) is 5.04. The van der Waals surface area contributed by atoms with Crippen molar-refractivity contribution < 1.29 is 4.79 Å². The van der Waals surface area contributed by atoms with E-state index in [1.54, 1.807) is 0 Å². The number of hydrogen-bond donors (Lipinski definition) is 2. The molecule has 0 aromatic carbocycles. The van der Waals surface area contributed by atoms with Crippen LogP contribution in [0.3, 0.4) is 0 Å². The molecule has 0 aliphatic carbocycles. The lowest BCUT2D eigenvalue weighted by Crippen LogP contribution is -2.46. The Morgan fingerprint density at radius 2 is 2.04 bits per heavy atom. The predicted molar refractivity (Wildman–Crippen MR) is 99.2 cm³/mol. The van der Waals surface area contributed by atoms with Crippen molar-refractivity contribution in [3.05, 3.63) is 0 Å². The second-order valence-electron chi connectivity index (χ2n) is 7.21. The van der Waals surface area contributed by atoms with Gasteiger partial charge in [-0.15, -0.1) is 0 Å². The number of aliphatic imine (C=N–C) groups is 1. The van der Waals surface area contributed by atoms with Crippen molar-refractivity contribution in [2.24, 2.45) is 10.9 Å². The lowest BCUT2D eigenvalue weighted by atomic mass is 10.2. The molecule has 2 fully saturated rings. The van der Waals surface area contributed by atoms with E-state index in [4.69, 9.17) is 4.99 Å². The summed E-state index contributed by atoms with van der Waals surface area (Å²) in [5.74, 6) is 1.23. The molecule has 2 atom stereocenters. The zero-order valence-corrected chi connectivity index (χ0v) is 15.8. The van der Waals surface area contributed by atoms with Crippen LogP contribution in [0.1, 0.15) is 47.0 Å². The highest BCUT2D eigenvalue weighted by Crippen LogP contribution is 2.17. The number of amides is 1. The molecule has 2 rings (SSSR count). The Labute approximate surface area is 147 Å². The van der Waals surface area contributed by atoms with E-state index < -0.39 is 0 Å².